The first kappa shape index (κ1) is 13.1. The molecule has 0 radical (unpaired) electrons. The molecule has 0 aromatic rings. The summed E-state index contributed by atoms with van der Waals surface area (Å²) >= 11 is 0. The van der Waals surface area contributed by atoms with Crippen molar-refractivity contribution in [3.63, 3.8) is 0 Å². The lowest BCUT2D eigenvalue weighted by Crippen LogP contribution is -2.22. The first-order chi connectivity index (χ1) is 6.63. The number of carboxylic acids is 1. The van der Waals surface area contributed by atoms with E-state index in [0.717, 1.165) is 25.7 Å². The van der Waals surface area contributed by atoms with Gasteiger partial charge in [-0.1, -0.05) is 33.1 Å². The van der Waals surface area contributed by atoms with Crippen LogP contribution in [0.1, 0.15) is 52.4 Å². The third kappa shape index (κ3) is 5.00. The van der Waals surface area contributed by atoms with Gasteiger partial charge in [-0.3, -0.25) is 9.59 Å². The van der Waals surface area contributed by atoms with Crippen LogP contribution in [0.5, 0.6) is 0 Å². The Hall–Kier alpha value is -0.860. The van der Waals surface area contributed by atoms with E-state index < -0.39 is 11.9 Å². The summed E-state index contributed by atoms with van der Waals surface area (Å²) in [6, 6.07) is 0. The van der Waals surface area contributed by atoms with Gasteiger partial charge in [0, 0.05) is 6.42 Å². The van der Waals surface area contributed by atoms with Crippen LogP contribution >= 0.6 is 0 Å². The van der Waals surface area contributed by atoms with E-state index in [1.165, 1.54) is 0 Å². The summed E-state index contributed by atoms with van der Waals surface area (Å²) in [5, 5.41) is 8.73. The zero-order valence-electron chi connectivity index (χ0n) is 9.08. The monoisotopic (exact) mass is 200 g/mol. The minimum atomic E-state index is -0.979. The largest absolute Gasteiger partial charge is 0.481 e. The highest BCUT2D eigenvalue weighted by molar-refractivity contribution is 5.98. The van der Waals surface area contributed by atoms with Crippen molar-refractivity contribution < 1.29 is 14.7 Å². The van der Waals surface area contributed by atoms with Gasteiger partial charge in [0.1, 0.15) is 11.7 Å². The fraction of sp³-hybridized carbons (Fsp3) is 0.818. The molecule has 0 amide bonds. The summed E-state index contributed by atoms with van der Waals surface area (Å²) in [5.74, 6) is -1.87. The lowest BCUT2D eigenvalue weighted by atomic mass is 9.97. The Morgan fingerprint density at radius 2 is 1.79 bits per heavy atom. The van der Waals surface area contributed by atoms with Crippen LogP contribution in [-0.2, 0) is 9.59 Å². The maximum Gasteiger partial charge on any atom is 0.314 e. The van der Waals surface area contributed by atoms with Gasteiger partial charge in [-0.25, -0.2) is 0 Å². The second-order valence-electron chi connectivity index (χ2n) is 3.58. The van der Waals surface area contributed by atoms with Crippen molar-refractivity contribution in [3.8, 4) is 0 Å². The predicted octanol–water partition coefficient (Wildman–Crippen LogP) is 2.64. The molecule has 1 unspecified atom stereocenters. The van der Waals surface area contributed by atoms with Gasteiger partial charge in [0.25, 0.3) is 0 Å². The zero-order valence-corrected chi connectivity index (χ0v) is 9.08. The molecule has 0 heterocycles. The van der Waals surface area contributed by atoms with Gasteiger partial charge in [0.15, 0.2) is 0 Å². The molecule has 0 aliphatic rings. The van der Waals surface area contributed by atoms with E-state index >= 15 is 0 Å². The van der Waals surface area contributed by atoms with Crippen molar-refractivity contribution in [2.24, 2.45) is 5.92 Å². The highest BCUT2D eigenvalue weighted by Gasteiger charge is 2.22. The Morgan fingerprint density at radius 1 is 1.14 bits per heavy atom. The van der Waals surface area contributed by atoms with Gasteiger partial charge in [0.05, 0.1) is 0 Å². The van der Waals surface area contributed by atoms with E-state index in [1.807, 2.05) is 0 Å². The third-order valence-electron chi connectivity index (χ3n) is 2.37. The molecule has 0 aromatic heterocycles. The number of hydrogen-bond acceptors (Lipinski definition) is 2. The van der Waals surface area contributed by atoms with Crippen LogP contribution in [0, 0.1) is 5.92 Å². The van der Waals surface area contributed by atoms with Gasteiger partial charge in [0.2, 0.25) is 0 Å². The van der Waals surface area contributed by atoms with Crippen LogP contribution in [0.3, 0.4) is 0 Å². The summed E-state index contributed by atoms with van der Waals surface area (Å²) in [5.41, 5.74) is 0. The Bertz CT molecular complexity index is 187. The van der Waals surface area contributed by atoms with Crippen LogP contribution in [0.25, 0.3) is 0 Å². The SMILES string of the molecule is CCCCCCC(=O)C(CC)C(=O)O. The Balaban J connectivity index is 3.76. The van der Waals surface area contributed by atoms with Crippen LogP contribution in [-0.4, -0.2) is 16.9 Å². The first-order valence-electron chi connectivity index (χ1n) is 5.39. The molecule has 82 valence electrons. The number of carbonyl (C=O) groups excluding carboxylic acids is 1. The highest BCUT2D eigenvalue weighted by Crippen LogP contribution is 2.11. The van der Waals surface area contributed by atoms with E-state index in [9.17, 15) is 9.59 Å². The lowest BCUT2D eigenvalue weighted by molar-refractivity contribution is -0.146. The molecule has 1 N–H and O–H groups in total. The van der Waals surface area contributed by atoms with E-state index in [1.54, 1.807) is 6.92 Å². The molecule has 0 fully saturated rings. The molecule has 3 heteroatoms. The Morgan fingerprint density at radius 3 is 2.21 bits per heavy atom. The number of aliphatic carboxylic acids is 1. The quantitative estimate of drug-likeness (QED) is 0.484. The maximum atomic E-state index is 11.4. The number of unbranched alkanes of at least 4 members (excludes halogenated alkanes) is 3. The smallest absolute Gasteiger partial charge is 0.314 e. The van der Waals surface area contributed by atoms with E-state index in [2.05, 4.69) is 6.92 Å². The van der Waals surface area contributed by atoms with Crippen molar-refractivity contribution in [2.45, 2.75) is 52.4 Å². The molecule has 1 atom stereocenters. The van der Waals surface area contributed by atoms with Crippen LogP contribution in [0.2, 0.25) is 0 Å². The molecule has 0 saturated carbocycles. The number of rotatable bonds is 8. The molecular weight excluding hydrogens is 180 g/mol. The van der Waals surface area contributed by atoms with Crippen LogP contribution in [0.4, 0.5) is 0 Å². The molecule has 0 aliphatic carbocycles. The average molecular weight is 200 g/mol. The van der Waals surface area contributed by atoms with E-state index in [-0.39, 0.29) is 5.78 Å². The fourth-order valence-electron chi connectivity index (χ4n) is 1.44. The second kappa shape index (κ2) is 7.54. The van der Waals surface area contributed by atoms with Gasteiger partial charge in [-0.15, -0.1) is 0 Å². The normalized spacial score (nSPS) is 12.4. The van der Waals surface area contributed by atoms with E-state index in [0.29, 0.717) is 12.8 Å². The summed E-state index contributed by atoms with van der Waals surface area (Å²) < 4.78 is 0. The first-order valence-corrected chi connectivity index (χ1v) is 5.39. The lowest BCUT2D eigenvalue weighted by Gasteiger charge is -2.07. The molecule has 14 heavy (non-hydrogen) atoms. The van der Waals surface area contributed by atoms with Crippen LogP contribution in [0.15, 0.2) is 0 Å². The highest BCUT2D eigenvalue weighted by atomic mass is 16.4. The number of carboxylic acid groups (broad SMARTS) is 1. The molecule has 3 nitrogen and oxygen atoms in total. The minimum Gasteiger partial charge on any atom is -0.481 e. The van der Waals surface area contributed by atoms with Crippen LogP contribution < -0.4 is 0 Å². The molecular formula is C11H20O3. The van der Waals surface area contributed by atoms with Gasteiger partial charge in [-0.2, -0.15) is 0 Å². The molecule has 0 aromatic carbocycles. The third-order valence-corrected chi connectivity index (χ3v) is 2.37. The summed E-state index contributed by atoms with van der Waals surface area (Å²) in [6.45, 7) is 3.84. The average Bonchev–Trinajstić information content (AvgIpc) is 2.13. The minimum absolute atomic E-state index is 0.115. The summed E-state index contributed by atoms with van der Waals surface area (Å²) in [7, 11) is 0. The van der Waals surface area contributed by atoms with Crippen molar-refractivity contribution in [3.05, 3.63) is 0 Å². The maximum absolute atomic E-state index is 11.4. The Kier molecular flexibility index (Phi) is 7.07. The van der Waals surface area contributed by atoms with Gasteiger partial charge < -0.3 is 5.11 Å². The van der Waals surface area contributed by atoms with Gasteiger partial charge in [-0.05, 0) is 12.8 Å². The summed E-state index contributed by atoms with van der Waals surface area (Å²) in [4.78, 5) is 22.0. The van der Waals surface area contributed by atoms with Crippen molar-refractivity contribution >= 4 is 11.8 Å². The topological polar surface area (TPSA) is 54.4 Å². The standard InChI is InChI=1S/C11H20O3/c1-3-5-6-7-8-10(12)9(4-2)11(13)14/h9H,3-8H2,1-2H3,(H,13,14). The molecule has 0 rings (SSSR count). The van der Waals surface area contributed by atoms with E-state index in [4.69, 9.17) is 5.11 Å². The molecule has 0 saturated heterocycles. The molecule has 0 bridgehead atoms. The van der Waals surface area contributed by atoms with Crippen molar-refractivity contribution in [2.75, 3.05) is 0 Å². The second-order valence-corrected chi connectivity index (χ2v) is 3.58. The fourth-order valence-corrected chi connectivity index (χ4v) is 1.44. The van der Waals surface area contributed by atoms with Gasteiger partial charge >= 0.3 is 5.97 Å². The number of carbonyl (C=O) groups is 2. The number of Topliss-reactive ketones (excluding diaryl/α,β-unsaturated/α-hetero) is 1. The zero-order chi connectivity index (χ0) is 11.0. The molecule has 0 spiro atoms. The van der Waals surface area contributed by atoms with Crippen molar-refractivity contribution in [1.29, 1.82) is 0 Å². The number of ketones is 1. The predicted molar refractivity (Wildman–Crippen MR) is 55.2 cm³/mol. The number of hydrogen-bond donors (Lipinski definition) is 1. The molecule has 0 aliphatic heterocycles. The summed E-state index contributed by atoms with van der Waals surface area (Å²) in [6.07, 6.45) is 4.93. The Labute approximate surface area is 85.5 Å². The van der Waals surface area contributed by atoms with Crippen molar-refractivity contribution in [1.82, 2.24) is 0 Å².